The first-order valence-corrected chi connectivity index (χ1v) is 9.66. The van der Waals surface area contributed by atoms with Gasteiger partial charge in [-0.3, -0.25) is 9.59 Å². The van der Waals surface area contributed by atoms with E-state index >= 15 is 0 Å². The second kappa shape index (κ2) is 7.69. The lowest BCUT2D eigenvalue weighted by molar-refractivity contribution is -0.138. The summed E-state index contributed by atoms with van der Waals surface area (Å²) < 4.78 is 12.4. The molecule has 0 spiro atoms. The summed E-state index contributed by atoms with van der Waals surface area (Å²) in [6.45, 7) is 7.17. The first kappa shape index (κ1) is 19.4. The minimum absolute atomic E-state index is 0.257. The van der Waals surface area contributed by atoms with Crippen LogP contribution in [-0.4, -0.2) is 11.9 Å². The van der Waals surface area contributed by atoms with E-state index in [1.54, 1.807) is 27.7 Å². The van der Waals surface area contributed by atoms with Crippen LogP contribution in [-0.2, 0) is 9.59 Å². The van der Waals surface area contributed by atoms with Gasteiger partial charge in [0.1, 0.15) is 11.5 Å². The zero-order chi connectivity index (χ0) is 19.7. The Bertz CT molecular complexity index is 1040. The average molecular weight is 429 g/mol. The highest BCUT2D eigenvalue weighted by Gasteiger charge is 2.22. The molecule has 5 heteroatoms. The molecule has 0 N–H and O–H groups in total. The van der Waals surface area contributed by atoms with Gasteiger partial charge in [-0.05, 0) is 18.2 Å². The van der Waals surface area contributed by atoms with Gasteiger partial charge in [-0.15, -0.1) is 0 Å². The predicted molar refractivity (Wildman–Crippen MR) is 110 cm³/mol. The molecule has 3 rings (SSSR count). The molecule has 3 aromatic carbocycles. The van der Waals surface area contributed by atoms with Gasteiger partial charge in [-0.1, -0.05) is 67.9 Å². The topological polar surface area (TPSA) is 52.6 Å². The molecule has 0 bridgehead atoms. The molecule has 0 aliphatic rings. The van der Waals surface area contributed by atoms with Crippen LogP contribution < -0.4 is 9.47 Å². The zero-order valence-corrected chi connectivity index (χ0v) is 17.3. The fourth-order valence-electron chi connectivity index (χ4n) is 2.73. The van der Waals surface area contributed by atoms with E-state index in [4.69, 9.17) is 9.47 Å². The number of rotatable bonds is 4. The lowest BCUT2D eigenvalue weighted by Crippen LogP contribution is -2.16. The van der Waals surface area contributed by atoms with E-state index in [2.05, 4.69) is 15.9 Å². The minimum atomic E-state index is -0.312. The molecule has 0 aromatic heterocycles. The van der Waals surface area contributed by atoms with Crippen LogP contribution in [0.4, 0.5) is 0 Å². The molecule has 0 heterocycles. The Balaban J connectivity index is 2.36. The number of benzene rings is 3. The van der Waals surface area contributed by atoms with Gasteiger partial charge in [0.25, 0.3) is 0 Å². The summed E-state index contributed by atoms with van der Waals surface area (Å²) in [5.74, 6) is -0.178. The third-order valence-corrected chi connectivity index (χ3v) is 4.73. The number of fused-ring (bicyclic) bond motifs is 2. The van der Waals surface area contributed by atoms with E-state index in [1.807, 2.05) is 42.5 Å². The first-order valence-electron chi connectivity index (χ1n) is 8.87. The van der Waals surface area contributed by atoms with Crippen LogP contribution in [0.5, 0.6) is 11.5 Å². The summed E-state index contributed by atoms with van der Waals surface area (Å²) in [7, 11) is 0. The maximum atomic E-state index is 12.3. The van der Waals surface area contributed by atoms with Crippen LogP contribution >= 0.6 is 15.9 Å². The number of halogens is 1. The quantitative estimate of drug-likeness (QED) is 0.295. The van der Waals surface area contributed by atoms with Gasteiger partial charge < -0.3 is 9.47 Å². The number of carbonyl (C=O) groups is 2. The van der Waals surface area contributed by atoms with Crippen molar-refractivity contribution in [2.45, 2.75) is 27.7 Å². The molecular formula is C22H21BrO4. The third kappa shape index (κ3) is 3.83. The molecule has 0 amide bonds. The molecule has 0 saturated carbocycles. The monoisotopic (exact) mass is 428 g/mol. The second-order valence-electron chi connectivity index (χ2n) is 7.05. The van der Waals surface area contributed by atoms with Crippen molar-refractivity contribution in [1.82, 2.24) is 0 Å². The van der Waals surface area contributed by atoms with E-state index in [0.29, 0.717) is 16.9 Å². The van der Waals surface area contributed by atoms with Crippen molar-refractivity contribution >= 4 is 49.4 Å². The van der Waals surface area contributed by atoms with Crippen molar-refractivity contribution in [3.63, 3.8) is 0 Å². The smallest absolute Gasteiger partial charge is 0.313 e. The Morgan fingerprint density at radius 2 is 1.19 bits per heavy atom. The van der Waals surface area contributed by atoms with Crippen LogP contribution in [0.25, 0.3) is 21.5 Å². The van der Waals surface area contributed by atoms with Crippen molar-refractivity contribution in [1.29, 1.82) is 0 Å². The lowest BCUT2D eigenvalue weighted by atomic mass is 10.0. The highest BCUT2D eigenvalue weighted by molar-refractivity contribution is 9.10. The molecule has 140 valence electrons. The standard InChI is InChI=1S/C22H21BrO4/c1-12(2)21(24)26-19-15-7-5-6-8-16(15)20(27-22(25)13(3)4)18-11-14(23)9-10-17(18)19/h5-13H,1-4H3. The van der Waals surface area contributed by atoms with Gasteiger partial charge in [0.05, 0.1) is 11.8 Å². The number of hydrogen-bond acceptors (Lipinski definition) is 4. The highest BCUT2D eigenvalue weighted by Crippen LogP contribution is 2.44. The Labute approximate surface area is 166 Å². The second-order valence-corrected chi connectivity index (χ2v) is 7.96. The van der Waals surface area contributed by atoms with E-state index in [9.17, 15) is 9.59 Å². The largest absolute Gasteiger partial charge is 0.425 e. The molecule has 0 aliphatic carbocycles. The van der Waals surface area contributed by atoms with Gasteiger partial charge >= 0.3 is 11.9 Å². The Kier molecular flexibility index (Phi) is 5.51. The Hall–Kier alpha value is -2.40. The lowest BCUT2D eigenvalue weighted by Gasteiger charge is -2.18. The highest BCUT2D eigenvalue weighted by atomic mass is 79.9. The summed E-state index contributed by atoms with van der Waals surface area (Å²) in [6.07, 6.45) is 0. The van der Waals surface area contributed by atoms with E-state index in [0.717, 1.165) is 20.6 Å². The van der Waals surface area contributed by atoms with Gasteiger partial charge in [0.2, 0.25) is 0 Å². The van der Waals surface area contributed by atoms with Crippen LogP contribution in [0.3, 0.4) is 0 Å². The van der Waals surface area contributed by atoms with Gasteiger partial charge in [-0.2, -0.15) is 0 Å². The van der Waals surface area contributed by atoms with Crippen molar-refractivity contribution in [3.8, 4) is 11.5 Å². The van der Waals surface area contributed by atoms with Crippen molar-refractivity contribution in [2.24, 2.45) is 11.8 Å². The maximum absolute atomic E-state index is 12.3. The van der Waals surface area contributed by atoms with Crippen LogP contribution in [0.1, 0.15) is 27.7 Å². The fraction of sp³-hybridized carbons (Fsp3) is 0.273. The number of carbonyl (C=O) groups excluding carboxylic acids is 2. The number of hydrogen-bond donors (Lipinski definition) is 0. The summed E-state index contributed by atoms with van der Waals surface area (Å²) in [6, 6.07) is 13.1. The van der Waals surface area contributed by atoms with Crippen LogP contribution in [0.15, 0.2) is 46.9 Å². The molecule has 4 nitrogen and oxygen atoms in total. The molecule has 0 aliphatic heterocycles. The Morgan fingerprint density at radius 3 is 1.67 bits per heavy atom. The summed E-state index contributed by atoms with van der Waals surface area (Å²) in [4.78, 5) is 24.6. The summed E-state index contributed by atoms with van der Waals surface area (Å²) >= 11 is 3.48. The molecule has 0 unspecified atom stereocenters. The molecular weight excluding hydrogens is 408 g/mol. The van der Waals surface area contributed by atoms with Crippen LogP contribution in [0.2, 0.25) is 0 Å². The molecule has 0 saturated heterocycles. The summed E-state index contributed by atoms with van der Waals surface area (Å²) in [5, 5.41) is 2.89. The third-order valence-electron chi connectivity index (χ3n) is 4.24. The SMILES string of the molecule is CC(C)C(=O)Oc1c2ccccc2c(OC(=O)C(C)C)c2cc(Br)ccc12. The van der Waals surface area contributed by atoms with Gasteiger partial charge in [0, 0.05) is 26.0 Å². The molecule has 0 fully saturated rings. The Morgan fingerprint density at radius 1 is 0.741 bits per heavy atom. The predicted octanol–water partition coefficient (Wildman–Crippen LogP) is 5.88. The average Bonchev–Trinajstić information content (AvgIpc) is 2.63. The van der Waals surface area contributed by atoms with E-state index in [-0.39, 0.29) is 23.8 Å². The number of ether oxygens (including phenoxy) is 2. The zero-order valence-electron chi connectivity index (χ0n) is 15.7. The van der Waals surface area contributed by atoms with Gasteiger partial charge in [-0.25, -0.2) is 0 Å². The van der Waals surface area contributed by atoms with Crippen molar-refractivity contribution < 1.29 is 19.1 Å². The van der Waals surface area contributed by atoms with E-state index < -0.39 is 0 Å². The first-order chi connectivity index (χ1) is 12.8. The molecule has 27 heavy (non-hydrogen) atoms. The number of esters is 2. The maximum Gasteiger partial charge on any atom is 0.313 e. The fourth-order valence-corrected chi connectivity index (χ4v) is 3.09. The molecule has 0 atom stereocenters. The van der Waals surface area contributed by atoms with Gasteiger partial charge in [0.15, 0.2) is 0 Å². The molecule has 0 radical (unpaired) electrons. The summed E-state index contributed by atoms with van der Waals surface area (Å²) in [5.41, 5.74) is 0. The van der Waals surface area contributed by atoms with Crippen molar-refractivity contribution in [3.05, 3.63) is 46.9 Å². The van der Waals surface area contributed by atoms with E-state index in [1.165, 1.54) is 0 Å². The van der Waals surface area contributed by atoms with Crippen molar-refractivity contribution in [2.75, 3.05) is 0 Å². The minimum Gasteiger partial charge on any atom is -0.425 e. The normalized spacial score (nSPS) is 11.4. The molecule has 3 aromatic rings. The van der Waals surface area contributed by atoms with Crippen LogP contribution in [0, 0.1) is 11.8 Å².